The summed E-state index contributed by atoms with van der Waals surface area (Å²) in [5.74, 6) is 1.84. The van der Waals surface area contributed by atoms with Gasteiger partial charge in [0.15, 0.2) is 5.96 Å². The number of guanidine groups is 1. The molecule has 2 rings (SSSR count). The number of oxazole rings is 1. The van der Waals surface area contributed by atoms with Crippen LogP contribution >= 0.6 is 0 Å². The second-order valence-corrected chi connectivity index (χ2v) is 5.66. The maximum Gasteiger partial charge on any atom is 0.401 e. The molecule has 1 aromatic rings. The fourth-order valence-corrected chi connectivity index (χ4v) is 2.51. The van der Waals surface area contributed by atoms with E-state index in [1.807, 2.05) is 13.8 Å². The highest BCUT2D eigenvalue weighted by molar-refractivity contribution is 5.79. The minimum atomic E-state index is -4.16. The van der Waals surface area contributed by atoms with Crippen molar-refractivity contribution in [1.82, 2.24) is 20.5 Å². The van der Waals surface area contributed by atoms with Gasteiger partial charge in [-0.15, -0.1) is 0 Å². The van der Waals surface area contributed by atoms with Crippen molar-refractivity contribution in [3.05, 3.63) is 17.3 Å². The molecule has 130 valence electrons. The van der Waals surface area contributed by atoms with E-state index < -0.39 is 12.7 Å². The number of halogens is 3. The zero-order valence-electron chi connectivity index (χ0n) is 13.5. The van der Waals surface area contributed by atoms with Gasteiger partial charge in [-0.2, -0.15) is 13.2 Å². The van der Waals surface area contributed by atoms with Crippen LogP contribution in [0.3, 0.4) is 0 Å². The molecule has 1 aromatic heterocycles. The number of hydrogen-bond donors (Lipinski definition) is 2. The summed E-state index contributed by atoms with van der Waals surface area (Å²) in [4.78, 5) is 9.73. The van der Waals surface area contributed by atoms with E-state index in [4.69, 9.17) is 4.42 Å². The Morgan fingerprint density at radius 2 is 2.17 bits per heavy atom. The molecule has 2 N–H and O–H groups in total. The number of nitrogens with one attached hydrogen (secondary N) is 2. The molecule has 1 aliphatic heterocycles. The molecule has 0 amide bonds. The van der Waals surface area contributed by atoms with Crippen molar-refractivity contribution in [2.75, 3.05) is 26.7 Å². The van der Waals surface area contributed by atoms with E-state index in [2.05, 4.69) is 20.6 Å². The van der Waals surface area contributed by atoms with Crippen molar-refractivity contribution in [3.8, 4) is 0 Å². The monoisotopic (exact) mass is 333 g/mol. The van der Waals surface area contributed by atoms with E-state index in [0.29, 0.717) is 37.9 Å². The van der Waals surface area contributed by atoms with E-state index >= 15 is 0 Å². The SMILES string of the molecule is CN=C(NCc1nc(C)c(C)o1)NC1CCN(CC(F)(F)F)C1. The van der Waals surface area contributed by atoms with Crippen LogP contribution in [0.2, 0.25) is 0 Å². The number of nitrogens with zero attached hydrogens (tertiary/aromatic N) is 3. The summed E-state index contributed by atoms with van der Waals surface area (Å²) < 4.78 is 42.6. The molecule has 0 radical (unpaired) electrons. The Labute approximate surface area is 133 Å². The summed E-state index contributed by atoms with van der Waals surface area (Å²) in [5, 5.41) is 6.19. The number of aryl methyl sites for hydroxylation is 2. The van der Waals surface area contributed by atoms with E-state index in [-0.39, 0.29) is 6.04 Å². The zero-order valence-corrected chi connectivity index (χ0v) is 13.5. The Morgan fingerprint density at radius 3 is 2.74 bits per heavy atom. The summed E-state index contributed by atoms with van der Waals surface area (Å²) in [6.45, 7) is 3.97. The standard InChI is InChI=1S/C14H22F3N5O/c1-9-10(2)23-12(20-9)6-19-13(18-3)21-11-4-5-22(7-11)8-14(15,16)17/h11H,4-8H2,1-3H3,(H2,18,19,21). The highest BCUT2D eigenvalue weighted by Gasteiger charge is 2.34. The largest absolute Gasteiger partial charge is 0.444 e. The molecular formula is C14H22F3N5O. The molecule has 0 saturated carbocycles. The fraction of sp³-hybridized carbons (Fsp3) is 0.714. The van der Waals surface area contributed by atoms with Gasteiger partial charge < -0.3 is 15.1 Å². The van der Waals surface area contributed by atoms with Gasteiger partial charge in [-0.1, -0.05) is 0 Å². The lowest BCUT2D eigenvalue weighted by Crippen LogP contribution is -2.44. The summed E-state index contributed by atoms with van der Waals surface area (Å²) >= 11 is 0. The van der Waals surface area contributed by atoms with Gasteiger partial charge >= 0.3 is 6.18 Å². The number of likely N-dealkylation sites (tertiary alicyclic amines) is 1. The summed E-state index contributed by atoms with van der Waals surface area (Å²) in [5.41, 5.74) is 0.836. The Hall–Kier alpha value is -1.77. The van der Waals surface area contributed by atoms with Crippen LogP contribution in [0.4, 0.5) is 13.2 Å². The van der Waals surface area contributed by atoms with Gasteiger partial charge in [-0.25, -0.2) is 4.98 Å². The zero-order chi connectivity index (χ0) is 17.0. The third kappa shape index (κ3) is 5.42. The number of alkyl halides is 3. The van der Waals surface area contributed by atoms with Crippen LogP contribution in [0.25, 0.3) is 0 Å². The quantitative estimate of drug-likeness (QED) is 0.647. The van der Waals surface area contributed by atoms with Gasteiger partial charge in [0.05, 0.1) is 18.8 Å². The Kier molecular flexibility index (Phi) is 5.51. The maximum absolute atomic E-state index is 12.4. The number of aliphatic imine (C=N–C) groups is 1. The molecule has 1 saturated heterocycles. The van der Waals surface area contributed by atoms with Gasteiger partial charge in [-0.05, 0) is 20.3 Å². The van der Waals surface area contributed by atoms with Crippen LogP contribution in [0.5, 0.6) is 0 Å². The van der Waals surface area contributed by atoms with Crippen LogP contribution in [0, 0.1) is 13.8 Å². The van der Waals surface area contributed by atoms with Crippen LogP contribution in [0.1, 0.15) is 23.8 Å². The normalized spacial score (nSPS) is 20.1. The topological polar surface area (TPSA) is 65.7 Å². The highest BCUT2D eigenvalue weighted by Crippen LogP contribution is 2.19. The lowest BCUT2D eigenvalue weighted by atomic mass is 10.3. The lowest BCUT2D eigenvalue weighted by molar-refractivity contribution is -0.143. The van der Waals surface area contributed by atoms with E-state index in [1.54, 1.807) is 7.05 Å². The molecule has 0 spiro atoms. The molecule has 0 aliphatic carbocycles. The average Bonchev–Trinajstić information content (AvgIpc) is 3.00. The molecule has 9 heteroatoms. The number of hydrogen-bond acceptors (Lipinski definition) is 4. The minimum Gasteiger partial charge on any atom is -0.444 e. The first kappa shape index (κ1) is 17.6. The smallest absolute Gasteiger partial charge is 0.401 e. The van der Waals surface area contributed by atoms with E-state index in [0.717, 1.165) is 11.5 Å². The average molecular weight is 333 g/mol. The molecule has 0 aromatic carbocycles. The van der Waals surface area contributed by atoms with Crippen molar-refractivity contribution >= 4 is 5.96 Å². The molecule has 6 nitrogen and oxygen atoms in total. The van der Waals surface area contributed by atoms with Crippen molar-refractivity contribution < 1.29 is 17.6 Å². The highest BCUT2D eigenvalue weighted by atomic mass is 19.4. The van der Waals surface area contributed by atoms with Gasteiger partial charge in [0.2, 0.25) is 5.89 Å². The molecule has 1 aliphatic rings. The van der Waals surface area contributed by atoms with E-state index in [1.165, 1.54) is 4.90 Å². The summed E-state index contributed by atoms with van der Waals surface area (Å²) in [6, 6.07) is -0.0587. The van der Waals surface area contributed by atoms with Crippen LogP contribution < -0.4 is 10.6 Å². The van der Waals surface area contributed by atoms with Crippen molar-refractivity contribution in [3.63, 3.8) is 0 Å². The molecule has 1 unspecified atom stereocenters. The lowest BCUT2D eigenvalue weighted by Gasteiger charge is -2.19. The van der Waals surface area contributed by atoms with E-state index in [9.17, 15) is 13.2 Å². The first-order valence-corrected chi connectivity index (χ1v) is 7.46. The van der Waals surface area contributed by atoms with Gasteiger partial charge in [0.25, 0.3) is 0 Å². The third-order valence-corrected chi connectivity index (χ3v) is 3.72. The third-order valence-electron chi connectivity index (χ3n) is 3.72. The van der Waals surface area contributed by atoms with Gasteiger partial charge in [0.1, 0.15) is 5.76 Å². The Bertz CT molecular complexity index is 536. The van der Waals surface area contributed by atoms with Crippen molar-refractivity contribution in [2.45, 2.75) is 39.0 Å². The molecule has 1 atom stereocenters. The van der Waals surface area contributed by atoms with Gasteiger partial charge in [-0.3, -0.25) is 9.89 Å². The van der Waals surface area contributed by atoms with Crippen molar-refractivity contribution in [2.24, 2.45) is 4.99 Å². The fourth-order valence-electron chi connectivity index (χ4n) is 2.51. The maximum atomic E-state index is 12.4. The van der Waals surface area contributed by atoms with Crippen LogP contribution in [-0.4, -0.2) is 54.7 Å². The van der Waals surface area contributed by atoms with Crippen molar-refractivity contribution in [1.29, 1.82) is 0 Å². The Morgan fingerprint density at radius 1 is 1.43 bits per heavy atom. The molecule has 2 heterocycles. The Balaban J connectivity index is 1.79. The molecule has 23 heavy (non-hydrogen) atoms. The van der Waals surface area contributed by atoms with Crippen LogP contribution in [-0.2, 0) is 6.54 Å². The first-order valence-electron chi connectivity index (χ1n) is 7.46. The van der Waals surface area contributed by atoms with Gasteiger partial charge in [0, 0.05) is 26.2 Å². The van der Waals surface area contributed by atoms with Crippen LogP contribution in [0.15, 0.2) is 9.41 Å². The number of rotatable bonds is 4. The summed E-state index contributed by atoms with van der Waals surface area (Å²) in [7, 11) is 1.61. The molecular weight excluding hydrogens is 311 g/mol. The molecule has 0 bridgehead atoms. The number of aromatic nitrogens is 1. The summed E-state index contributed by atoms with van der Waals surface area (Å²) in [6.07, 6.45) is -3.51. The minimum absolute atomic E-state index is 0.0587. The predicted octanol–water partition coefficient (Wildman–Crippen LogP) is 1.59. The second-order valence-electron chi connectivity index (χ2n) is 5.66. The second kappa shape index (κ2) is 7.20. The molecule has 1 fully saturated rings. The predicted molar refractivity (Wildman–Crippen MR) is 80.2 cm³/mol. The first-order chi connectivity index (χ1) is 10.8.